The molecule has 9 nitrogen and oxygen atoms in total. The number of esters is 2. The van der Waals surface area contributed by atoms with Gasteiger partial charge in [0.2, 0.25) is 0 Å². The van der Waals surface area contributed by atoms with Gasteiger partial charge < -0.3 is 18.9 Å². The van der Waals surface area contributed by atoms with Crippen LogP contribution in [0.1, 0.15) is 34.6 Å². The summed E-state index contributed by atoms with van der Waals surface area (Å²) in [7, 11) is 0. The van der Waals surface area contributed by atoms with Crippen LogP contribution < -0.4 is 0 Å². The number of fused-ring (bicyclic) bond motifs is 1. The molecule has 0 spiro atoms. The summed E-state index contributed by atoms with van der Waals surface area (Å²) >= 11 is 0. The molecule has 0 unspecified atom stereocenters. The van der Waals surface area contributed by atoms with Gasteiger partial charge in [-0.15, -0.1) is 0 Å². The number of carbonyl (C=O) groups is 4. The number of carbonyl (C=O) groups excluding carboxylic acids is 4. The minimum atomic E-state index is -0.808. The molecule has 154 valence electrons. The van der Waals surface area contributed by atoms with E-state index in [1.165, 1.54) is 13.8 Å². The Morgan fingerprint density at radius 1 is 1.03 bits per heavy atom. The van der Waals surface area contributed by atoms with Crippen molar-refractivity contribution in [3.05, 3.63) is 47.5 Å². The van der Waals surface area contributed by atoms with Gasteiger partial charge in [-0.25, -0.2) is 0 Å². The van der Waals surface area contributed by atoms with Gasteiger partial charge in [-0.3, -0.25) is 24.1 Å². The van der Waals surface area contributed by atoms with Crippen molar-refractivity contribution in [2.75, 3.05) is 19.8 Å². The van der Waals surface area contributed by atoms with E-state index in [0.29, 0.717) is 11.1 Å². The lowest BCUT2D eigenvalue weighted by Gasteiger charge is -2.31. The molecule has 0 fully saturated rings. The molecule has 9 heteroatoms. The summed E-state index contributed by atoms with van der Waals surface area (Å²) in [5.41, 5.74) is 0.744. The van der Waals surface area contributed by atoms with Crippen LogP contribution in [0.4, 0.5) is 0 Å². The lowest BCUT2D eigenvalue weighted by Crippen LogP contribution is -2.42. The summed E-state index contributed by atoms with van der Waals surface area (Å²) < 4.78 is 21.4. The Kier molecular flexibility index (Phi) is 6.40. The van der Waals surface area contributed by atoms with Crippen LogP contribution in [-0.4, -0.2) is 66.9 Å². The first-order valence-electron chi connectivity index (χ1n) is 9.08. The quantitative estimate of drug-likeness (QED) is 0.378. The second kappa shape index (κ2) is 8.97. The van der Waals surface area contributed by atoms with E-state index in [2.05, 4.69) is 0 Å². The third-order valence-corrected chi connectivity index (χ3v) is 4.36. The molecule has 0 aromatic heterocycles. The maximum Gasteiger partial charge on any atom is 0.303 e. The van der Waals surface area contributed by atoms with Crippen molar-refractivity contribution in [1.29, 1.82) is 0 Å². The van der Waals surface area contributed by atoms with Crippen LogP contribution in [0.25, 0.3) is 0 Å². The summed E-state index contributed by atoms with van der Waals surface area (Å²) in [5.74, 6) is -1.72. The standard InChI is InChI=1S/C20H21NO8/c1-12(22)27-11-17-16(28-13(2)23)7-8-18(29-17)26-10-9-21-19(24)14-5-3-4-6-15(14)20(21)25/h3-8,16-18H,9-11H2,1-2H3/t16-,17+,18-/m0/s1. The zero-order valence-electron chi connectivity index (χ0n) is 16.0. The van der Waals surface area contributed by atoms with Crippen molar-refractivity contribution < 1.29 is 38.1 Å². The number of benzene rings is 1. The number of imide groups is 1. The van der Waals surface area contributed by atoms with Crippen molar-refractivity contribution in [3.8, 4) is 0 Å². The summed E-state index contributed by atoms with van der Waals surface area (Å²) in [4.78, 5) is 48.1. The highest BCUT2D eigenvalue weighted by atomic mass is 16.7. The Hall–Kier alpha value is -3.04. The fourth-order valence-electron chi connectivity index (χ4n) is 3.06. The summed E-state index contributed by atoms with van der Waals surface area (Å²) in [6.45, 7) is 2.51. The fraction of sp³-hybridized carbons (Fsp3) is 0.400. The molecule has 2 aliphatic rings. The van der Waals surface area contributed by atoms with Crippen LogP contribution in [0.5, 0.6) is 0 Å². The predicted octanol–water partition coefficient (Wildman–Crippen LogP) is 1.08. The van der Waals surface area contributed by atoms with E-state index < -0.39 is 30.4 Å². The van der Waals surface area contributed by atoms with Crippen LogP contribution >= 0.6 is 0 Å². The van der Waals surface area contributed by atoms with Crippen LogP contribution in [-0.2, 0) is 28.5 Å². The second-order valence-electron chi connectivity index (χ2n) is 6.48. The third kappa shape index (κ3) is 4.87. The smallest absolute Gasteiger partial charge is 0.303 e. The van der Waals surface area contributed by atoms with Gasteiger partial charge in [0, 0.05) is 13.8 Å². The molecular formula is C20H21NO8. The summed E-state index contributed by atoms with van der Waals surface area (Å²) in [5, 5.41) is 0. The Morgan fingerprint density at radius 3 is 2.28 bits per heavy atom. The number of hydrogen-bond acceptors (Lipinski definition) is 8. The maximum atomic E-state index is 12.3. The molecule has 3 atom stereocenters. The summed E-state index contributed by atoms with van der Waals surface area (Å²) in [6, 6.07) is 6.62. The molecule has 0 aliphatic carbocycles. The van der Waals surface area contributed by atoms with E-state index in [0.717, 1.165) is 4.90 Å². The fourth-order valence-corrected chi connectivity index (χ4v) is 3.06. The topological polar surface area (TPSA) is 108 Å². The Morgan fingerprint density at radius 2 is 1.69 bits per heavy atom. The minimum Gasteiger partial charge on any atom is -0.463 e. The van der Waals surface area contributed by atoms with Crippen LogP contribution in [0.2, 0.25) is 0 Å². The Balaban J connectivity index is 1.55. The van der Waals surface area contributed by atoms with Gasteiger partial charge in [0.05, 0.1) is 24.3 Å². The van der Waals surface area contributed by atoms with Crippen LogP contribution in [0, 0.1) is 0 Å². The van der Waals surface area contributed by atoms with Gasteiger partial charge in [-0.1, -0.05) is 12.1 Å². The third-order valence-electron chi connectivity index (χ3n) is 4.36. The lowest BCUT2D eigenvalue weighted by molar-refractivity contribution is -0.197. The van der Waals surface area contributed by atoms with E-state index in [1.54, 1.807) is 36.4 Å². The predicted molar refractivity (Wildman–Crippen MR) is 97.7 cm³/mol. The van der Waals surface area contributed by atoms with Gasteiger partial charge in [0.25, 0.3) is 11.8 Å². The molecule has 0 bridgehead atoms. The molecule has 0 N–H and O–H groups in total. The Bertz CT molecular complexity index is 814. The average Bonchev–Trinajstić information content (AvgIpc) is 2.92. The van der Waals surface area contributed by atoms with Gasteiger partial charge >= 0.3 is 11.9 Å². The molecule has 0 saturated heterocycles. The van der Waals surface area contributed by atoms with Crippen LogP contribution in [0.3, 0.4) is 0 Å². The van der Waals surface area contributed by atoms with E-state index in [4.69, 9.17) is 18.9 Å². The maximum absolute atomic E-state index is 12.3. The van der Waals surface area contributed by atoms with Gasteiger partial charge in [0.1, 0.15) is 18.8 Å². The second-order valence-corrected chi connectivity index (χ2v) is 6.48. The molecule has 3 rings (SSSR count). The molecule has 2 aliphatic heterocycles. The van der Waals surface area contributed by atoms with Crippen molar-refractivity contribution in [2.45, 2.75) is 32.3 Å². The molecule has 29 heavy (non-hydrogen) atoms. The van der Waals surface area contributed by atoms with Crippen LogP contribution in [0.15, 0.2) is 36.4 Å². The highest BCUT2D eigenvalue weighted by Crippen LogP contribution is 2.22. The Labute approximate surface area is 167 Å². The zero-order chi connectivity index (χ0) is 21.0. The van der Waals surface area contributed by atoms with E-state index in [-0.39, 0.29) is 31.6 Å². The normalized spacial score (nSPS) is 23.1. The van der Waals surface area contributed by atoms with Gasteiger partial charge in [-0.05, 0) is 24.3 Å². The van der Waals surface area contributed by atoms with Gasteiger partial charge in [0.15, 0.2) is 6.29 Å². The first-order valence-corrected chi connectivity index (χ1v) is 9.08. The lowest BCUT2D eigenvalue weighted by atomic mass is 10.1. The van der Waals surface area contributed by atoms with Crippen molar-refractivity contribution in [2.24, 2.45) is 0 Å². The number of nitrogens with zero attached hydrogens (tertiary/aromatic N) is 1. The highest BCUT2D eigenvalue weighted by Gasteiger charge is 2.35. The molecule has 2 amide bonds. The van der Waals surface area contributed by atoms with E-state index >= 15 is 0 Å². The van der Waals surface area contributed by atoms with Crippen molar-refractivity contribution in [3.63, 3.8) is 0 Å². The number of ether oxygens (including phenoxy) is 4. The van der Waals surface area contributed by atoms with Crippen molar-refractivity contribution >= 4 is 23.8 Å². The van der Waals surface area contributed by atoms with E-state index in [1.807, 2.05) is 0 Å². The zero-order valence-corrected chi connectivity index (χ0v) is 16.0. The average molecular weight is 403 g/mol. The van der Waals surface area contributed by atoms with Gasteiger partial charge in [-0.2, -0.15) is 0 Å². The first kappa shape index (κ1) is 20.7. The first-order chi connectivity index (χ1) is 13.9. The monoisotopic (exact) mass is 403 g/mol. The van der Waals surface area contributed by atoms with E-state index in [9.17, 15) is 19.2 Å². The van der Waals surface area contributed by atoms with Crippen molar-refractivity contribution in [1.82, 2.24) is 4.90 Å². The summed E-state index contributed by atoms with van der Waals surface area (Å²) in [6.07, 6.45) is 0.879. The largest absolute Gasteiger partial charge is 0.463 e. The molecule has 2 heterocycles. The molecule has 0 saturated carbocycles. The number of amides is 2. The molecule has 0 radical (unpaired) electrons. The highest BCUT2D eigenvalue weighted by molar-refractivity contribution is 6.21. The molecular weight excluding hydrogens is 382 g/mol. The SMILES string of the molecule is CC(=O)OC[C@H]1O[C@H](OCCN2C(=O)c3ccccc3C2=O)C=C[C@@H]1OC(C)=O. The number of rotatable bonds is 7. The molecule has 1 aromatic rings. The minimum absolute atomic E-state index is 0.0407. The number of hydrogen-bond donors (Lipinski definition) is 0. The molecule has 1 aromatic carbocycles.